The Balaban J connectivity index is 1.70. The molecule has 148 valence electrons. The number of imidazole rings is 1. The van der Waals surface area contributed by atoms with Gasteiger partial charge in [0.1, 0.15) is 18.2 Å². The molecule has 28 heavy (non-hydrogen) atoms. The molecule has 0 saturated carbocycles. The molecule has 0 aliphatic heterocycles. The highest BCUT2D eigenvalue weighted by atomic mass is 16.5. The molecule has 0 unspecified atom stereocenters. The van der Waals surface area contributed by atoms with E-state index in [1.807, 2.05) is 32.0 Å². The first-order chi connectivity index (χ1) is 13.4. The number of carbonyl (C=O) groups is 1. The van der Waals surface area contributed by atoms with Crippen molar-refractivity contribution in [1.82, 2.24) is 14.9 Å². The van der Waals surface area contributed by atoms with Gasteiger partial charge in [-0.1, -0.05) is 32.0 Å². The molecule has 0 aliphatic rings. The molecule has 0 saturated heterocycles. The number of hydrogen-bond donors (Lipinski definition) is 1. The van der Waals surface area contributed by atoms with Gasteiger partial charge >= 0.3 is 0 Å². The fourth-order valence-electron chi connectivity index (χ4n) is 3.34. The highest BCUT2D eigenvalue weighted by Crippen LogP contribution is 2.18. The Labute approximate surface area is 166 Å². The molecular formula is C23H29N3O2. The number of aryl methyl sites for hydroxylation is 2. The normalized spacial score (nSPS) is 11.2. The van der Waals surface area contributed by atoms with E-state index in [-0.39, 0.29) is 11.8 Å². The lowest BCUT2D eigenvalue weighted by molar-refractivity contribution is -0.123. The lowest BCUT2D eigenvalue weighted by Gasteiger charge is -2.12. The topological polar surface area (TPSA) is 56.1 Å². The van der Waals surface area contributed by atoms with Gasteiger partial charge in [0.05, 0.1) is 17.6 Å². The van der Waals surface area contributed by atoms with Crippen molar-refractivity contribution in [2.75, 3.05) is 13.2 Å². The summed E-state index contributed by atoms with van der Waals surface area (Å²) in [7, 11) is 0. The Morgan fingerprint density at radius 2 is 1.86 bits per heavy atom. The molecule has 0 bridgehead atoms. The molecule has 0 aliphatic carbocycles. The van der Waals surface area contributed by atoms with Gasteiger partial charge < -0.3 is 14.6 Å². The second kappa shape index (κ2) is 8.91. The van der Waals surface area contributed by atoms with E-state index in [0.717, 1.165) is 22.6 Å². The average Bonchev–Trinajstić information content (AvgIpc) is 2.98. The van der Waals surface area contributed by atoms with Crippen LogP contribution in [0.2, 0.25) is 0 Å². The summed E-state index contributed by atoms with van der Waals surface area (Å²) >= 11 is 0. The molecule has 1 amide bonds. The number of ether oxygens (including phenoxy) is 1. The Hall–Kier alpha value is -2.82. The molecule has 1 aromatic heterocycles. The number of hydrogen-bond acceptors (Lipinski definition) is 3. The number of nitrogens with one attached hydrogen (secondary N) is 1. The van der Waals surface area contributed by atoms with Gasteiger partial charge in [-0.15, -0.1) is 0 Å². The number of rotatable bonds is 8. The fourth-order valence-corrected chi connectivity index (χ4v) is 3.34. The van der Waals surface area contributed by atoms with E-state index in [1.165, 1.54) is 11.1 Å². The summed E-state index contributed by atoms with van der Waals surface area (Å²) in [6.07, 6.45) is 0.691. The van der Waals surface area contributed by atoms with Crippen LogP contribution < -0.4 is 10.1 Å². The summed E-state index contributed by atoms with van der Waals surface area (Å²) in [5.41, 5.74) is 4.46. The summed E-state index contributed by atoms with van der Waals surface area (Å²) in [6, 6.07) is 14.4. The number of carbonyl (C=O) groups excluding carboxylic acids is 1. The number of benzene rings is 2. The van der Waals surface area contributed by atoms with Crippen LogP contribution in [0.4, 0.5) is 0 Å². The van der Waals surface area contributed by atoms with Crippen molar-refractivity contribution in [3.8, 4) is 5.75 Å². The Kier molecular flexibility index (Phi) is 6.34. The number of amides is 1. The second-order valence-corrected chi connectivity index (χ2v) is 7.54. The molecular weight excluding hydrogens is 350 g/mol. The van der Waals surface area contributed by atoms with Crippen molar-refractivity contribution in [2.24, 2.45) is 5.92 Å². The lowest BCUT2D eigenvalue weighted by Crippen LogP contribution is -2.30. The van der Waals surface area contributed by atoms with Crippen molar-refractivity contribution in [3.05, 3.63) is 59.4 Å². The SMILES string of the molecule is Cc1cc(C)cc(OCCn2c(CCNC(=O)C(C)C)nc3ccccc32)c1. The van der Waals surface area contributed by atoms with Crippen LogP contribution in [0.1, 0.15) is 30.8 Å². The first-order valence-electron chi connectivity index (χ1n) is 9.87. The highest BCUT2D eigenvalue weighted by molar-refractivity contribution is 5.78. The molecule has 1 N–H and O–H groups in total. The zero-order valence-electron chi connectivity index (χ0n) is 17.2. The summed E-state index contributed by atoms with van der Waals surface area (Å²) in [5.74, 6) is 1.92. The molecule has 3 rings (SSSR count). The van der Waals surface area contributed by atoms with Crippen LogP contribution in [0.3, 0.4) is 0 Å². The van der Waals surface area contributed by atoms with E-state index in [9.17, 15) is 4.79 Å². The standard InChI is InChI=1S/C23H29N3O2/c1-16(2)23(27)24-10-9-22-25-20-7-5-6-8-21(20)26(22)11-12-28-19-14-17(3)13-18(4)15-19/h5-8,13-16H,9-12H2,1-4H3,(H,24,27). The predicted octanol–water partition coefficient (Wildman–Crippen LogP) is 4.05. The summed E-state index contributed by atoms with van der Waals surface area (Å²) in [4.78, 5) is 16.6. The molecule has 0 radical (unpaired) electrons. The van der Waals surface area contributed by atoms with E-state index < -0.39 is 0 Å². The quantitative estimate of drug-likeness (QED) is 0.642. The molecule has 1 heterocycles. The number of fused-ring (bicyclic) bond motifs is 1. The Bertz CT molecular complexity index is 939. The minimum absolute atomic E-state index is 0.00926. The van der Waals surface area contributed by atoms with Gasteiger partial charge in [0.2, 0.25) is 5.91 Å². The van der Waals surface area contributed by atoms with E-state index in [0.29, 0.717) is 26.1 Å². The van der Waals surface area contributed by atoms with E-state index in [4.69, 9.17) is 9.72 Å². The monoisotopic (exact) mass is 379 g/mol. The fraction of sp³-hybridized carbons (Fsp3) is 0.391. The lowest BCUT2D eigenvalue weighted by atomic mass is 10.1. The maximum absolute atomic E-state index is 11.8. The van der Waals surface area contributed by atoms with E-state index in [2.05, 4.69) is 48.0 Å². The van der Waals surface area contributed by atoms with Gasteiger partial charge in [-0.3, -0.25) is 4.79 Å². The third-order valence-electron chi connectivity index (χ3n) is 4.68. The van der Waals surface area contributed by atoms with E-state index >= 15 is 0 Å². The number of para-hydroxylation sites is 2. The third-order valence-corrected chi connectivity index (χ3v) is 4.68. The molecule has 2 aromatic carbocycles. The van der Waals surface area contributed by atoms with Crippen molar-refractivity contribution in [1.29, 1.82) is 0 Å². The van der Waals surface area contributed by atoms with Gasteiger partial charge in [-0.25, -0.2) is 4.98 Å². The molecule has 0 fully saturated rings. The smallest absolute Gasteiger partial charge is 0.222 e. The van der Waals surface area contributed by atoms with Crippen LogP contribution in [-0.2, 0) is 17.8 Å². The maximum Gasteiger partial charge on any atom is 0.222 e. The molecule has 3 aromatic rings. The van der Waals surface area contributed by atoms with Crippen molar-refractivity contribution in [3.63, 3.8) is 0 Å². The predicted molar refractivity (Wildman–Crippen MR) is 113 cm³/mol. The third kappa shape index (κ3) is 4.91. The van der Waals surface area contributed by atoms with Crippen LogP contribution in [0.5, 0.6) is 5.75 Å². The van der Waals surface area contributed by atoms with Crippen molar-refractivity contribution >= 4 is 16.9 Å². The molecule has 5 heteroatoms. The zero-order valence-corrected chi connectivity index (χ0v) is 17.2. The van der Waals surface area contributed by atoms with Gasteiger partial charge in [0.25, 0.3) is 0 Å². The first-order valence-corrected chi connectivity index (χ1v) is 9.87. The molecule has 0 atom stereocenters. The first kappa shape index (κ1) is 19.9. The summed E-state index contributed by atoms with van der Waals surface area (Å²) in [6.45, 7) is 9.80. The van der Waals surface area contributed by atoms with Gasteiger partial charge in [-0.2, -0.15) is 0 Å². The largest absolute Gasteiger partial charge is 0.492 e. The van der Waals surface area contributed by atoms with Crippen LogP contribution >= 0.6 is 0 Å². The van der Waals surface area contributed by atoms with Crippen LogP contribution in [0, 0.1) is 19.8 Å². The Morgan fingerprint density at radius 3 is 2.57 bits per heavy atom. The van der Waals surface area contributed by atoms with Gasteiger partial charge in [0.15, 0.2) is 0 Å². The molecule has 5 nitrogen and oxygen atoms in total. The summed E-state index contributed by atoms with van der Waals surface area (Å²) < 4.78 is 8.19. The molecule has 0 spiro atoms. The summed E-state index contributed by atoms with van der Waals surface area (Å²) in [5, 5.41) is 2.97. The van der Waals surface area contributed by atoms with Gasteiger partial charge in [-0.05, 0) is 49.2 Å². The highest BCUT2D eigenvalue weighted by Gasteiger charge is 2.12. The number of aromatic nitrogens is 2. The van der Waals surface area contributed by atoms with E-state index in [1.54, 1.807) is 0 Å². The number of nitrogens with zero attached hydrogens (tertiary/aromatic N) is 2. The van der Waals surface area contributed by atoms with Crippen molar-refractivity contribution in [2.45, 2.75) is 40.7 Å². The Morgan fingerprint density at radius 1 is 1.14 bits per heavy atom. The average molecular weight is 380 g/mol. The zero-order chi connectivity index (χ0) is 20.1. The maximum atomic E-state index is 11.8. The van der Waals surface area contributed by atoms with Gasteiger partial charge in [0, 0.05) is 18.9 Å². The van der Waals surface area contributed by atoms with Crippen molar-refractivity contribution < 1.29 is 9.53 Å². The minimum atomic E-state index is -0.00926. The van der Waals surface area contributed by atoms with Crippen LogP contribution in [-0.4, -0.2) is 28.6 Å². The second-order valence-electron chi connectivity index (χ2n) is 7.54. The van der Waals surface area contributed by atoms with Crippen LogP contribution in [0.25, 0.3) is 11.0 Å². The van der Waals surface area contributed by atoms with Crippen LogP contribution in [0.15, 0.2) is 42.5 Å². The minimum Gasteiger partial charge on any atom is -0.492 e.